The van der Waals surface area contributed by atoms with Gasteiger partial charge in [0.05, 0.1) is 12.4 Å². The highest BCUT2D eigenvalue weighted by atomic mass is 32.1. The quantitative estimate of drug-likeness (QED) is 0.361. The van der Waals surface area contributed by atoms with Crippen LogP contribution in [0, 0.1) is 5.53 Å². The fraction of sp³-hybridized carbons (Fsp3) is 0. The van der Waals surface area contributed by atoms with Crippen LogP contribution in [0.2, 0.25) is 0 Å². The van der Waals surface area contributed by atoms with Crippen LogP contribution in [0.4, 0.5) is 0 Å². The Morgan fingerprint density at radius 2 is 2.00 bits per heavy atom. The summed E-state index contributed by atoms with van der Waals surface area (Å²) >= 11 is 3.82. The van der Waals surface area contributed by atoms with Gasteiger partial charge in [-0.25, -0.2) is 0 Å². The normalized spacial score (nSPS) is 5.00. The van der Waals surface area contributed by atoms with Crippen molar-refractivity contribution in [2.24, 2.45) is 9.69 Å². The van der Waals surface area contributed by atoms with Crippen molar-refractivity contribution in [2.75, 3.05) is 0 Å². The van der Waals surface area contributed by atoms with Crippen LogP contribution in [-0.2, 0) is 12.4 Å². The van der Waals surface area contributed by atoms with E-state index >= 15 is 0 Å². The minimum atomic E-state index is 2.43. The Bertz CT molecular complexity index is 24.3. The molecule has 0 spiro atoms. The van der Waals surface area contributed by atoms with Crippen LogP contribution < -0.4 is 0 Å². The molecule has 22 valence electrons. The minimum Gasteiger partial charge on any atom is -0.184 e. The first-order chi connectivity index (χ1) is 1.91. The van der Waals surface area contributed by atoms with Crippen molar-refractivity contribution in [2.45, 2.75) is 0 Å². The molecule has 0 saturated carbocycles. The maximum atomic E-state index is 5.81. The molecule has 0 aromatic carbocycles. The highest BCUT2D eigenvalue weighted by Gasteiger charge is 1.32. The first-order valence-electron chi connectivity index (χ1n) is 0.606. The molecule has 4 heteroatoms. The third-order valence-electron chi connectivity index (χ3n) is 0.0408. The molecule has 0 radical (unpaired) electrons. The van der Waals surface area contributed by atoms with Gasteiger partial charge in [0.1, 0.15) is 0 Å². The van der Waals surface area contributed by atoms with E-state index in [-0.39, 0.29) is 0 Å². The summed E-state index contributed by atoms with van der Waals surface area (Å²) in [6.07, 6.45) is 0. The average molecular weight is 75.1 g/mol. The molecule has 0 saturated heterocycles. The maximum absolute atomic E-state index is 5.81. The Morgan fingerprint density at radius 3 is 2.00 bits per heavy atom. The molecular weight excluding hydrogens is 74.1 g/mol. The lowest BCUT2D eigenvalue weighted by Gasteiger charge is -1.42. The number of rotatable bonds is 1. The Morgan fingerprint density at radius 1 is 1.75 bits per heavy atom. The Labute approximate surface area is 28.7 Å². The molecule has 0 aliphatic carbocycles. The summed E-state index contributed by atoms with van der Waals surface area (Å²) in [5.74, 6) is 0. The highest BCUT2D eigenvalue weighted by Crippen LogP contribution is 1.52. The van der Waals surface area contributed by atoms with Crippen LogP contribution in [0.5, 0.6) is 0 Å². The van der Waals surface area contributed by atoms with Gasteiger partial charge < -0.3 is 0 Å². The largest absolute Gasteiger partial charge is 0.184 e. The minimum absolute atomic E-state index is 2.43. The average Bonchev–Trinajstić information content (AvgIpc) is 1.37. The predicted molar refractivity (Wildman–Crippen MR) is 14.9 cm³/mol. The summed E-state index contributed by atoms with van der Waals surface area (Å²) in [7, 11) is 0. The monoisotopic (exact) mass is 75.0 g/mol. The SMILES string of the molecule is N=NN=S. The summed E-state index contributed by atoms with van der Waals surface area (Å²) in [4.78, 5) is 0. The van der Waals surface area contributed by atoms with Crippen LogP contribution in [-0.4, -0.2) is 0 Å². The van der Waals surface area contributed by atoms with Gasteiger partial charge in [0.25, 0.3) is 0 Å². The van der Waals surface area contributed by atoms with Gasteiger partial charge in [-0.1, -0.05) is 4.47 Å². The molecule has 0 unspecified atom stereocenters. The van der Waals surface area contributed by atoms with E-state index < -0.39 is 0 Å². The zero-order valence-corrected chi connectivity index (χ0v) is 2.62. The molecule has 0 fully saturated rings. The van der Waals surface area contributed by atoms with Gasteiger partial charge >= 0.3 is 0 Å². The second-order valence-electron chi connectivity index (χ2n) is 0.182. The molecule has 0 heterocycles. The summed E-state index contributed by atoms with van der Waals surface area (Å²) in [6.45, 7) is 0. The zero-order valence-electron chi connectivity index (χ0n) is 1.80. The van der Waals surface area contributed by atoms with Crippen molar-refractivity contribution in [3.63, 3.8) is 0 Å². The zero-order chi connectivity index (χ0) is 3.41. The number of nitrogens with one attached hydrogen (secondary N) is 1. The molecule has 3 nitrogen and oxygen atoms in total. The van der Waals surface area contributed by atoms with E-state index in [4.69, 9.17) is 5.53 Å². The summed E-state index contributed by atoms with van der Waals surface area (Å²) in [5, 5.41) is 2.43. The molecule has 1 N–H and O–H groups in total. The molecule has 0 aliphatic rings. The number of hydrogen-bond donors (Lipinski definition) is 1. The number of nitrogens with zero attached hydrogens (tertiary/aromatic N) is 2. The molecule has 4 heavy (non-hydrogen) atoms. The van der Waals surface area contributed by atoms with Gasteiger partial charge in [-0.05, 0) is 5.22 Å². The molecular formula is HN3S. The van der Waals surface area contributed by atoms with Crippen molar-refractivity contribution in [1.29, 1.82) is 5.53 Å². The smallest absolute Gasteiger partial charge is 0.0670 e. The van der Waals surface area contributed by atoms with Gasteiger partial charge in [0.2, 0.25) is 0 Å². The molecule has 0 aromatic heterocycles. The van der Waals surface area contributed by atoms with Crippen LogP contribution in [0.15, 0.2) is 9.69 Å². The lowest BCUT2D eigenvalue weighted by Crippen LogP contribution is -1.21. The maximum Gasteiger partial charge on any atom is 0.0670 e. The van der Waals surface area contributed by atoms with Crippen LogP contribution >= 0.6 is 0 Å². The molecule has 0 amide bonds. The van der Waals surface area contributed by atoms with Crippen LogP contribution in [0.3, 0.4) is 0 Å². The van der Waals surface area contributed by atoms with Crippen molar-refractivity contribution < 1.29 is 0 Å². The third kappa shape index (κ3) is 1.62. The number of hydrogen-bond acceptors (Lipinski definition) is 2. The first kappa shape index (κ1) is 3.62. The standard InChI is InChI=1S/HN3S/c1-2-3-4/h1H. The van der Waals surface area contributed by atoms with Gasteiger partial charge in [-0.2, -0.15) is 5.53 Å². The van der Waals surface area contributed by atoms with E-state index in [9.17, 15) is 0 Å². The lowest BCUT2D eigenvalue weighted by atomic mass is 12.8. The van der Waals surface area contributed by atoms with Crippen molar-refractivity contribution >= 4 is 12.4 Å². The van der Waals surface area contributed by atoms with E-state index in [2.05, 4.69) is 22.1 Å². The third-order valence-corrected chi connectivity index (χ3v) is 0.122. The summed E-state index contributed by atoms with van der Waals surface area (Å²) in [6, 6.07) is 0. The van der Waals surface area contributed by atoms with E-state index in [0.29, 0.717) is 0 Å². The second kappa shape index (κ2) is 2.62. The highest BCUT2D eigenvalue weighted by molar-refractivity contribution is 7.47. The Kier molecular flexibility index (Phi) is 2.37. The Balaban J connectivity index is 2.73. The summed E-state index contributed by atoms with van der Waals surface area (Å²) < 4.78 is 2.61. The van der Waals surface area contributed by atoms with Crippen molar-refractivity contribution in [3.05, 3.63) is 0 Å². The van der Waals surface area contributed by atoms with Gasteiger partial charge in [-0.3, -0.25) is 0 Å². The fourth-order valence-electron chi connectivity index (χ4n) is 0. The molecule has 0 rings (SSSR count). The fourth-order valence-corrected chi connectivity index (χ4v) is 0. The van der Waals surface area contributed by atoms with E-state index in [1.807, 2.05) is 0 Å². The van der Waals surface area contributed by atoms with Crippen LogP contribution in [0.1, 0.15) is 0 Å². The van der Waals surface area contributed by atoms with Crippen molar-refractivity contribution in [3.8, 4) is 0 Å². The Hall–Kier alpha value is -0.380. The predicted octanol–water partition coefficient (Wildman–Crippen LogP) is 0.663. The van der Waals surface area contributed by atoms with Crippen molar-refractivity contribution in [1.82, 2.24) is 0 Å². The summed E-state index contributed by atoms with van der Waals surface area (Å²) in [5.41, 5.74) is 5.81. The van der Waals surface area contributed by atoms with Gasteiger partial charge in [-0.15, -0.1) is 0 Å². The topological polar surface area (TPSA) is 48.6 Å². The van der Waals surface area contributed by atoms with E-state index in [0.717, 1.165) is 0 Å². The molecule has 0 atom stereocenters. The molecule has 0 aliphatic heterocycles. The van der Waals surface area contributed by atoms with Crippen LogP contribution in [0.25, 0.3) is 0 Å². The molecule has 0 aromatic rings. The second-order valence-corrected chi connectivity index (χ2v) is 0.345. The van der Waals surface area contributed by atoms with E-state index in [1.165, 1.54) is 0 Å². The van der Waals surface area contributed by atoms with E-state index in [1.54, 1.807) is 0 Å². The van der Waals surface area contributed by atoms with Gasteiger partial charge in [0, 0.05) is 0 Å². The molecule has 0 bridgehead atoms. The van der Waals surface area contributed by atoms with Gasteiger partial charge in [0.15, 0.2) is 0 Å². The first-order valence-corrected chi connectivity index (χ1v) is 0.971. The lowest BCUT2D eigenvalue weighted by molar-refractivity contribution is 1.01.